The maximum absolute atomic E-state index is 14.5. The van der Waals surface area contributed by atoms with Crippen LogP contribution in [0.1, 0.15) is 31.7 Å². The van der Waals surface area contributed by atoms with Crippen LogP contribution in [0.4, 0.5) is 10.1 Å². The minimum atomic E-state index is -0.353. The second kappa shape index (κ2) is 6.55. The molecule has 1 aliphatic carbocycles. The minimum absolute atomic E-state index is 0.248. The molecule has 0 aliphatic heterocycles. The van der Waals surface area contributed by atoms with Gasteiger partial charge in [0.05, 0.1) is 15.7 Å². The van der Waals surface area contributed by atoms with Gasteiger partial charge in [-0.2, -0.15) is 5.26 Å². The van der Waals surface area contributed by atoms with Crippen LogP contribution < -0.4 is 10.6 Å². The van der Waals surface area contributed by atoms with Crippen molar-refractivity contribution >= 4 is 21.6 Å². The van der Waals surface area contributed by atoms with Crippen LogP contribution in [0.15, 0.2) is 16.6 Å². The Morgan fingerprint density at radius 1 is 1.50 bits per heavy atom. The van der Waals surface area contributed by atoms with E-state index in [0.717, 1.165) is 25.8 Å². The van der Waals surface area contributed by atoms with Gasteiger partial charge < -0.3 is 10.6 Å². The summed E-state index contributed by atoms with van der Waals surface area (Å²) >= 11 is 3.18. The molecule has 0 spiro atoms. The molecule has 2 rings (SSSR count). The summed E-state index contributed by atoms with van der Waals surface area (Å²) in [5.41, 5.74) is 6.72. The van der Waals surface area contributed by atoms with Gasteiger partial charge in [-0.05, 0) is 60.3 Å². The monoisotopic (exact) mass is 339 g/mol. The molecule has 2 unspecified atom stereocenters. The zero-order chi connectivity index (χ0) is 14.7. The molecule has 0 aromatic heterocycles. The smallest absolute Gasteiger partial charge is 0.161 e. The molecule has 2 N–H and O–H groups in total. The lowest BCUT2D eigenvalue weighted by molar-refractivity contribution is 0.456. The Balaban J connectivity index is 2.38. The maximum atomic E-state index is 14.5. The van der Waals surface area contributed by atoms with Crippen LogP contribution in [-0.4, -0.2) is 19.1 Å². The lowest BCUT2D eigenvalue weighted by atomic mass is 10.0. The van der Waals surface area contributed by atoms with E-state index in [1.807, 2.05) is 13.0 Å². The van der Waals surface area contributed by atoms with Crippen LogP contribution in [0.25, 0.3) is 0 Å². The summed E-state index contributed by atoms with van der Waals surface area (Å²) in [6, 6.07) is 5.64. The quantitative estimate of drug-likeness (QED) is 0.914. The molecule has 0 saturated heterocycles. The van der Waals surface area contributed by atoms with E-state index >= 15 is 0 Å². The number of nitrogens with two attached hydrogens (primary N) is 1. The average molecular weight is 340 g/mol. The van der Waals surface area contributed by atoms with Gasteiger partial charge in [0, 0.05) is 12.6 Å². The van der Waals surface area contributed by atoms with Gasteiger partial charge >= 0.3 is 0 Å². The summed E-state index contributed by atoms with van der Waals surface area (Å²) in [6.45, 7) is 3.40. The highest BCUT2D eigenvalue weighted by molar-refractivity contribution is 9.10. The number of nitriles is 1. The summed E-state index contributed by atoms with van der Waals surface area (Å²) in [7, 11) is 0. The molecular weight excluding hydrogens is 321 g/mol. The first-order chi connectivity index (χ1) is 9.63. The summed E-state index contributed by atoms with van der Waals surface area (Å²) in [5.74, 6) is 0.0670. The topological polar surface area (TPSA) is 53.0 Å². The summed E-state index contributed by atoms with van der Waals surface area (Å²) in [5, 5.41) is 8.94. The molecule has 1 aromatic rings. The van der Waals surface area contributed by atoms with Gasteiger partial charge in [-0.25, -0.2) is 4.39 Å². The highest BCUT2D eigenvalue weighted by atomic mass is 79.9. The molecular formula is C15H19BrFN3. The zero-order valence-corrected chi connectivity index (χ0v) is 13.2. The Bertz CT molecular complexity index is 527. The van der Waals surface area contributed by atoms with E-state index in [2.05, 4.69) is 20.8 Å². The normalized spacial score (nSPS) is 21.8. The van der Waals surface area contributed by atoms with E-state index in [-0.39, 0.29) is 10.3 Å². The van der Waals surface area contributed by atoms with Crippen molar-refractivity contribution in [3.8, 4) is 6.07 Å². The van der Waals surface area contributed by atoms with Crippen LogP contribution >= 0.6 is 15.9 Å². The molecule has 108 valence electrons. The number of nitrogens with zero attached hydrogens (tertiary/aromatic N) is 2. The van der Waals surface area contributed by atoms with Crippen LogP contribution in [0, 0.1) is 23.1 Å². The largest absolute Gasteiger partial charge is 0.366 e. The van der Waals surface area contributed by atoms with Crippen LogP contribution in [0.2, 0.25) is 0 Å². The molecule has 0 bridgehead atoms. The van der Waals surface area contributed by atoms with E-state index in [0.29, 0.717) is 29.8 Å². The zero-order valence-electron chi connectivity index (χ0n) is 11.6. The number of hydrogen-bond acceptors (Lipinski definition) is 3. The highest BCUT2D eigenvalue weighted by Crippen LogP contribution is 2.36. The molecule has 3 nitrogen and oxygen atoms in total. The van der Waals surface area contributed by atoms with E-state index < -0.39 is 0 Å². The van der Waals surface area contributed by atoms with E-state index in [4.69, 9.17) is 11.0 Å². The SMILES string of the molecule is CCN(c1ccc(C#N)c(Br)c1F)C1CCCC1CN. The predicted molar refractivity (Wildman–Crippen MR) is 82.0 cm³/mol. The van der Waals surface area contributed by atoms with Crippen LogP contribution in [-0.2, 0) is 0 Å². The van der Waals surface area contributed by atoms with Gasteiger partial charge in [0.2, 0.25) is 0 Å². The lowest BCUT2D eigenvalue weighted by Gasteiger charge is -2.34. The van der Waals surface area contributed by atoms with Crippen LogP contribution in [0.3, 0.4) is 0 Å². The third-order valence-corrected chi connectivity index (χ3v) is 4.93. The second-order valence-electron chi connectivity index (χ2n) is 5.15. The second-order valence-corrected chi connectivity index (χ2v) is 5.95. The predicted octanol–water partition coefficient (Wildman–Crippen LogP) is 3.41. The molecule has 0 heterocycles. The fourth-order valence-electron chi connectivity index (χ4n) is 3.13. The number of benzene rings is 1. The Morgan fingerprint density at radius 2 is 2.25 bits per heavy atom. The number of anilines is 1. The first kappa shape index (κ1) is 15.3. The fraction of sp³-hybridized carbons (Fsp3) is 0.533. The van der Waals surface area contributed by atoms with Crippen molar-refractivity contribution in [1.82, 2.24) is 0 Å². The van der Waals surface area contributed by atoms with Crippen molar-refractivity contribution in [3.05, 3.63) is 28.0 Å². The minimum Gasteiger partial charge on any atom is -0.366 e. The van der Waals surface area contributed by atoms with Crippen molar-refractivity contribution in [2.24, 2.45) is 11.7 Å². The Labute approximate surface area is 127 Å². The summed E-state index contributed by atoms with van der Waals surface area (Å²) in [4.78, 5) is 2.09. The van der Waals surface area contributed by atoms with Crippen LogP contribution in [0.5, 0.6) is 0 Å². The van der Waals surface area contributed by atoms with Crippen molar-refractivity contribution in [1.29, 1.82) is 5.26 Å². The van der Waals surface area contributed by atoms with Gasteiger partial charge in [-0.15, -0.1) is 0 Å². The molecule has 0 amide bonds. The molecule has 1 aromatic carbocycles. The maximum Gasteiger partial charge on any atom is 0.161 e. The Hall–Kier alpha value is -1.12. The first-order valence-corrected chi connectivity index (χ1v) is 7.78. The number of halogens is 2. The first-order valence-electron chi connectivity index (χ1n) is 6.98. The third-order valence-electron chi connectivity index (χ3n) is 4.15. The third kappa shape index (κ3) is 2.68. The molecule has 1 aliphatic rings. The lowest BCUT2D eigenvalue weighted by Crippen LogP contribution is -2.41. The standard InChI is InChI=1S/C15H19BrFN3/c1-2-20(12-5-3-4-10(12)8-18)13-7-6-11(9-19)14(16)15(13)17/h6-7,10,12H,2-5,8,18H2,1H3. The van der Waals surface area contributed by atoms with Gasteiger partial charge in [-0.3, -0.25) is 0 Å². The number of rotatable bonds is 4. The summed E-state index contributed by atoms with van der Waals surface area (Å²) < 4.78 is 14.7. The molecule has 1 saturated carbocycles. The highest BCUT2D eigenvalue weighted by Gasteiger charge is 2.32. The molecule has 20 heavy (non-hydrogen) atoms. The molecule has 1 fully saturated rings. The van der Waals surface area contributed by atoms with E-state index in [1.165, 1.54) is 0 Å². The van der Waals surface area contributed by atoms with Gasteiger partial charge in [0.1, 0.15) is 6.07 Å². The molecule has 0 radical (unpaired) electrons. The summed E-state index contributed by atoms with van der Waals surface area (Å²) in [6.07, 6.45) is 3.30. The van der Waals surface area contributed by atoms with Crippen molar-refractivity contribution in [2.45, 2.75) is 32.2 Å². The molecule has 2 atom stereocenters. The van der Waals surface area contributed by atoms with Gasteiger partial charge in [0.25, 0.3) is 0 Å². The van der Waals surface area contributed by atoms with E-state index in [1.54, 1.807) is 12.1 Å². The van der Waals surface area contributed by atoms with Crippen molar-refractivity contribution in [2.75, 3.05) is 18.0 Å². The Kier molecular flexibility index (Phi) is 5.00. The van der Waals surface area contributed by atoms with Gasteiger partial charge in [-0.1, -0.05) is 6.42 Å². The van der Waals surface area contributed by atoms with Crippen molar-refractivity contribution < 1.29 is 4.39 Å². The fourth-order valence-corrected chi connectivity index (χ4v) is 3.56. The molecule has 5 heteroatoms. The van der Waals surface area contributed by atoms with E-state index in [9.17, 15) is 4.39 Å². The Morgan fingerprint density at radius 3 is 2.85 bits per heavy atom. The van der Waals surface area contributed by atoms with Crippen molar-refractivity contribution in [3.63, 3.8) is 0 Å². The van der Waals surface area contributed by atoms with Gasteiger partial charge in [0.15, 0.2) is 5.82 Å². The average Bonchev–Trinajstić information content (AvgIpc) is 2.93. The number of hydrogen-bond donors (Lipinski definition) is 1.